The van der Waals surface area contributed by atoms with Crippen molar-refractivity contribution in [2.45, 2.75) is 25.4 Å². The molecule has 5 nitrogen and oxygen atoms in total. The number of benzene rings is 1. The maximum Gasteiger partial charge on any atom is 0.123 e. The van der Waals surface area contributed by atoms with E-state index < -0.39 is 6.10 Å². The van der Waals surface area contributed by atoms with Gasteiger partial charge in [-0.2, -0.15) is 0 Å². The fraction of sp³-hybridized carbons (Fsp3) is 0.647. The smallest absolute Gasteiger partial charge is 0.123 e. The van der Waals surface area contributed by atoms with E-state index in [4.69, 9.17) is 14.6 Å². The number of ether oxygens (including phenoxy) is 2. The quantitative estimate of drug-likeness (QED) is 0.762. The molecule has 1 heterocycles. The summed E-state index contributed by atoms with van der Waals surface area (Å²) in [4.78, 5) is 2.27. The number of likely N-dealkylation sites (tertiary alicyclic amines) is 1. The summed E-state index contributed by atoms with van der Waals surface area (Å²) in [7, 11) is 1.62. The maximum absolute atomic E-state index is 10.1. The minimum Gasteiger partial charge on any atom is -0.497 e. The van der Waals surface area contributed by atoms with E-state index in [1.807, 2.05) is 24.3 Å². The van der Waals surface area contributed by atoms with Gasteiger partial charge in [0.15, 0.2) is 0 Å². The summed E-state index contributed by atoms with van der Waals surface area (Å²) in [5, 5.41) is 19.1. The van der Waals surface area contributed by atoms with Crippen LogP contribution in [-0.2, 0) is 0 Å². The molecule has 1 aliphatic rings. The average Bonchev–Trinajstić information content (AvgIpc) is 2.55. The van der Waals surface area contributed by atoms with Gasteiger partial charge in [0, 0.05) is 19.2 Å². The van der Waals surface area contributed by atoms with E-state index in [9.17, 15) is 5.11 Å². The van der Waals surface area contributed by atoms with Gasteiger partial charge in [-0.25, -0.2) is 0 Å². The Hall–Kier alpha value is -1.30. The number of piperidine rings is 1. The zero-order valence-corrected chi connectivity index (χ0v) is 13.3. The molecule has 0 saturated carbocycles. The van der Waals surface area contributed by atoms with Gasteiger partial charge in [0.25, 0.3) is 0 Å². The molecule has 1 fully saturated rings. The van der Waals surface area contributed by atoms with Gasteiger partial charge < -0.3 is 24.6 Å². The number of β-amino-alcohol motifs (C(OH)–C–C–N with tert-alkyl or cyclic N) is 1. The number of nitrogens with zero attached hydrogens (tertiary/aromatic N) is 1. The second-order valence-corrected chi connectivity index (χ2v) is 5.90. The van der Waals surface area contributed by atoms with E-state index in [2.05, 4.69) is 4.90 Å². The zero-order chi connectivity index (χ0) is 15.8. The summed E-state index contributed by atoms with van der Waals surface area (Å²) < 4.78 is 10.8. The standard InChI is InChI=1S/C17H27NO4/c1-21-16-3-2-4-17(11-16)22-13-15(20)12-18-8-5-14(6-9-18)7-10-19/h2-4,11,14-15,19-20H,5-10,12-13H2,1H3/t15-/m0/s1. The molecule has 0 spiro atoms. The molecule has 2 N–H and O–H groups in total. The van der Waals surface area contributed by atoms with Gasteiger partial charge in [-0.1, -0.05) is 6.07 Å². The first-order valence-electron chi connectivity index (χ1n) is 7.99. The van der Waals surface area contributed by atoms with Crippen molar-refractivity contribution in [3.05, 3.63) is 24.3 Å². The van der Waals surface area contributed by atoms with Crippen LogP contribution in [0.2, 0.25) is 0 Å². The highest BCUT2D eigenvalue weighted by molar-refractivity contribution is 5.32. The van der Waals surface area contributed by atoms with Crippen molar-refractivity contribution in [3.8, 4) is 11.5 Å². The van der Waals surface area contributed by atoms with Crippen molar-refractivity contribution in [3.63, 3.8) is 0 Å². The number of aliphatic hydroxyl groups excluding tert-OH is 2. The second kappa shape index (κ2) is 8.98. The van der Waals surface area contributed by atoms with E-state index in [1.165, 1.54) is 0 Å². The van der Waals surface area contributed by atoms with Crippen LogP contribution in [0.25, 0.3) is 0 Å². The molecule has 1 saturated heterocycles. The van der Waals surface area contributed by atoms with Gasteiger partial charge >= 0.3 is 0 Å². The van der Waals surface area contributed by atoms with Crippen LogP contribution in [-0.4, -0.2) is 61.2 Å². The second-order valence-electron chi connectivity index (χ2n) is 5.90. The third kappa shape index (κ3) is 5.48. The summed E-state index contributed by atoms with van der Waals surface area (Å²) in [5.41, 5.74) is 0. The highest BCUT2D eigenvalue weighted by atomic mass is 16.5. The molecule has 0 unspecified atom stereocenters. The third-order valence-electron chi connectivity index (χ3n) is 4.20. The van der Waals surface area contributed by atoms with E-state index in [0.717, 1.165) is 38.1 Å². The minimum absolute atomic E-state index is 0.279. The summed E-state index contributed by atoms with van der Waals surface area (Å²) in [6.07, 6.45) is 2.60. The molecule has 22 heavy (non-hydrogen) atoms. The SMILES string of the molecule is COc1cccc(OC[C@@H](O)CN2CCC(CCO)CC2)c1. The normalized spacial score (nSPS) is 18.1. The molecular weight excluding hydrogens is 282 g/mol. The van der Waals surface area contributed by atoms with Gasteiger partial charge in [0.05, 0.1) is 7.11 Å². The Morgan fingerprint density at radius 2 is 2.00 bits per heavy atom. The van der Waals surface area contributed by atoms with Gasteiger partial charge in [-0.15, -0.1) is 0 Å². The first kappa shape index (κ1) is 17.1. The van der Waals surface area contributed by atoms with Gasteiger partial charge in [-0.05, 0) is 50.4 Å². The van der Waals surface area contributed by atoms with Crippen molar-refractivity contribution in [2.75, 3.05) is 40.0 Å². The Morgan fingerprint density at radius 1 is 1.27 bits per heavy atom. The monoisotopic (exact) mass is 309 g/mol. The van der Waals surface area contributed by atoms with Gasteiger partial charge in [0.1, 0.15) is 24.2 Å². The largest absolute Gasteiger partial charge is 0.497 e. The highest BCUT2D eigenvalue weighted by Crippen LogP contribution is 2.21. The first-order chi connectivity index (χ1) is 10.7. The van der Waals surface area contributed by atoms with E-state index in [1.54, 1.807) is 7.11 Å². The topological polar surface area (TPSA) is 62.2 Å². The lowest BCUT2D eigenvalue weighted by atomic mass is 9.94. The Kier molecular flexibility index (Phi) is 6.96. The van der Waals surface area contributed by atoms with Crippen LogP contribution in [0.4, 0.5) is 0 Å². The van der Waals surface area contributed by atoms with Gasteiger partial charge in [-0.3, -0.25) is 0 Å². The van der Waals surface area contributed by atoms with Crippen LogP contribution in [0.5, 0.6) is 11.5 Å². The lowest BCUT2D eigenvalue weighted by Gasteiger charge is -2.32. The molecular formula is C17H27NO4. The summed E-state index contributed by atoms with van der Waals surface area (Å²) in [6, 6.07) is 7.40. The summed E-state index contributed by atoms with van der Waals surface area (Å²) in [5.74, 6) is 2.09. The van der Waals surface area contributed by atoms with Crippen molar-refractivity contribution in [1.82, 2.24) is 4.90 Å². The summed E-state index contributed by atoms with van der Waals surface area (Å²) >= 11 is 0. The van der Waals surface area contributed by atoms with Crippen LogP contribution in [0.15, 0.2) is 24.3 Å². The number of methoxy groups -OCH3 is 1. The lowest BCUT2D eigenvalue weighted by molar-refractivity contribution is 0.0527. The molecule has 1 aromatic rings. The molecule has 124 valence electrons. The Morgan fingerprint density at radius 3 is 2.68 bits per heavy atom. The Balaban J connectivity index is 1.68. The molecule has 1 atom stereocenters. The van der Waals surface area contributed by atoms with Crippen LogP contribution in [0, 0.1) is 5.92 Å². The van der Waals surface area contributed by atoms with Crippen LogP contribution in [0.3, 0.4) is 0 Å². The molecule has 0 amide bonds. The summed E-state index contributed by atoms with van der Waals surface area (Å²) in [6.45, 7) is 3.17. The van der Waals surface area contributed by atoms with E-state index in [-0.39, 0.29) is 13.2 Å². The highest BCUT2D eigenvalue weighted by Gasteiger charge is 2.20. The zero-order valence-electron chi connectivity index (χ0n) is 13.3. The lowest BCUT2D eigenvalue weighted by Crippen LogP contribution is -2.40. The van der Waals surface area contributed by atoms with E-state index in [0.29, 0.717) is 18.2 Å². The predicted octanol–water partition coefficient (Wildman–Crippen LogP) is 1.53. The Labute approximate surface area is 132 Å². The molecule has 0 bridgehead atoms. The van der Waals surface area contributed by atoms with Crippen molar-refractivity contribution in [2.24, 2.45) is 5.92 Å². The fourth-order valence-electron chi connectivity index (χ4n) is 2.87. The molecule has 0 aliphatic carbocycles. The molecule has 1 aliphatic heterocycles. The van der Waals surface area contributed by atoms with Crippen LogP contribution >= 0.6 is 0 Å². The number of aliphatic hydroxyl groups is 2. The molecule has 2 rings (SSSR count). The maximum atomic E-state index is 10.1. The van der Waals surface area contributed by atoms with Gasteiger partial charge in [0.2, 0.25) is 0 Å². The minimum atomic E-state index is -0.499. The number of hydrogen-bond acceptors (Lipinski definition) is 5. The van der Waals surface area contributed by atoms with Crippen molar-refractivity contribution in [1.29, 1.82) is 0 Å². The predicted molar refractivity (Wildman–Crippen MR) is 85.4 cm³/mol. The van der Waals surface area contributed by atoms with Crippen molar-refractivity contribution >= 4 is 0 Å². The fourth-order valence-corrected chi connectivity index (χ4v) is 2.87. The molecule has 0 aromatic heterocycles. The molecule has 1 aromatic carbocycles. The van der Waals surface area contributed by atoms with Crippen molar-refractivity contribution < 1.29 is 19.7 Å². The first-order valence-corrected chi connectivity index (χ1v) is 7.99. The average molecular weight is 309 g/mol. The number of hydrogen-bond donors (Lipinski definition) is 2. The third-order valence-corrected chi connectivity index (χ3v) is 4.20. The number of rotatable bonds is 8. The Bertz CT molecular complexity index is 432. The molecule has 0 radical (unpaired) electrons. The molecule has 5 heteroatoms. The van der Waals surface area contributed by atoms with Crippen LogP contribution in [0.1, 0.15) is 19.3 Å². The van der Waals surface area contributed by atoms with Crippen LogP contribution < -0.4 is 9.47 Å². The van der Waals surface area contributed by atoms with E-state index >= 15 is 0 Å².